The summed E-state index contributed by atoms with van der Waals surface area (Å²) in [6.07, 6.45) is 4.53. The van der Waals surface area contributed by atoms with Crippen molar-refractivity contribution in [3.8, 4) is 11.4 Å². The molecular weight excluding hydrogens is 364 g/mol. The number of aromatic nitrogens is 4. The number of amides is 1. The molecule has 2 saturated heterocycles. The van der Waals surface area contributed by atoms with E-state index in [0.29, 0.717) is 24.3 Å². The minimum Gasteiger partial charge on any atom is -0.350 e. The highest BCUT2D eigenvalue weighted by Crippen LogP contribution is 2.35. The van der Waals surface area contributed by atoms with E-state index >= 15 is 0 Å². The summed E-state index contributed by atoms with van der Waals surface area (Å²) in [7, 11) is 1.92. The van der Waals surface area contributed by atoms with Crippen molar-refractivity contribution in [3.63, 3.8) is 0 Å². The number of fused-ring (bicyclic) bond motifs is 1. The minimum absolute atomic E-state index is 0.195. The van der Waals surface area contributed by atoms with E-state index < -0.39 is 0 Å². The quantitative estimate of drug-likeness (QED) is 0.795. The SMILES string of the molecule is Cc1cnn(C)c1-c1ccc(N2CCC3CN(C(=O)CCC(C)(C)C)CC32)nn1. The highest BCUT2D eigenvalue weighted by Gasteiger charge is 2.43. The number of carbonyl (C=O) groups excluding carboxylic acids is 1. The van der Waals surface area contributed by atoms with Gasteiger partial charge in [0.25, 0.3) is 0 Å². The van der Waals surface area contributed by atoms with Gasteiger partial charge in [0.2, 0.25) is 5.91 Å². The first kappa shape index (κ1) is 19.9. The Morgan fingerprint density at radius 2 is 2.00 bits per heavy atom. The molecule has 0 aromatic carbocycles. The molecule has 2 unspecified atom stereocenters. The third kappa shape index (κ3) is 4.00. The van der Waals surface area contributed by atoms with Gasteiger partial charge in [0.1, 0.15) is 5.69 Å². The molecule has 7 heteroatoms. The number of nitrogens with zero attached hydrogens (tertiary/aromatic N) is 6. The summed E-state index contributed by atoms with van der Waals surface area (Å²) in [6.45, 7) is 11.3. The van der Waals surface area contributed by atoms with Crippen LogP contribution in [0.4, 0.5) is 5.82 Å². The van der Waals surface area contributed by atoms with Crippen LogP contribution < -0.4 is 4.90 Å². The summed E-state index contributed by atoms with van der Waals surface area (Å²) in [5.74, 6) is 1.74. The molecule has 2 fully saturated rings. The fraction of sp³-hybridized carbons (Fsp3) is 0.636. The molecule has 2 aromatic heterocycles. The Kier molecular flexibility index (Phi) is 5.09. The maximum Gasteiger partial charge on any atom is 0.222 e. The molecule has 156 valence electrons. The van der Waals surface area contributed by atoms with Crippen LogP contribution in [0.2, 0.25) is 0 Å². The molecule has 2 aliphatic rings. The lowest BCUT2D eigenvalue weighted by molar-refractivity contribution is -0.130. The fourth-order valence-corrected chi connectivity index (χ4v) is 4.61. The first-order valence-corrected chi connectivity index (χ1v) is 10.6. The molecule has 4 rings (SSSR count). The predicted molar refractivity (Wildman–Crippen MR) is 113 cm³/mol. The maximum absolute atomic E-state index is 12.7. The molecule has 0 saturated carbocycles. The maximum atomic E-state index is 12.7. The number of anilines is 1. The van der Waals surface area contributed by atoms with Crippen molar-refractivity contribution < 1.29 is 4.79 Å². The second-order valence-electron chi connectivity index (χ2n) is 9.75. The Morgan fingerprint density at radius 1 is 1.21 bits per heavy atom. The van der Waals surface area contributed by atoms with Gasteiger partial charge in [-0.3, -0.25) is 9.48 Å². The molecular formula is C22H32N6O. The standard InChI is InChI=1S/C22H32N6O/c1-15-12-23-26(5)21(15)17-6-7-19(25-24-17)28-11-9-16-13-27(14-18(16)28)20(29)8-10-22(2,3)4/h6-7,12,16,18H,8-11,13-14H2,1-5H3. The molecule has 7 nitrogen and oxygen atoms in total. The number of hydrogen-bond donors (Lipinski definition) is 0. The van der Waals surface area contributed by atoms with E-state index in [1.165, 1.54) is 0 Å². The molecule has 0 N–H and O–H groups in total. The number of carbonyl (C=O) groups is 1. The summed E-state index contributed by atoms with van der Waals surface area (Å²) in [5, 5.41) is 13.3. The third-order valence-electron chi connectivity index (χ3n) is 6.30. The molecule has 29 heavy (non-hydrogen) atoms. The Labute approximate surface area is 173 Å². The first-order chi connectivity index (χ1) is 13.7. The van der Waals surface area contributed by atoms with Crippen LogP contribution >= 0.6 is 0 Å². The Bertz CT molecular complexity index is 862. The molecule has 1 amide bonds. The lowest BCUT2D eigenvalue weighted by Gasteiger charge is -2.26. The zero-order valence-corrected chi connectivity index (χ0v) is 18.2. The number of hydrogen-bond acceptors (Lipinski definition) is 5. The first-order valence-electron chi connectivity index (χ1n) is 10.6. The smallest absolute Gasteiger partial charge is 0.222 e. The topological polar surface area (TPSA) is 67.2 Å². The number of likely N-dealkylation sites (tertiary alicyclic amines) is 1. The predicted octanol–water partition coefficient (Wildman–Crippen LogP) is 3.05. The van der Waals surface area contributed by atoms with Crippen LogP contribution in [0.1, 0.15) is 45.6 Å². The zero-order valence-electron chi connectivity index (χ0n) is 18.2. The summed E-state index contributed by atoms with van der Waals surface area (Å²) >= 11 is 0. The zero-order chi connectivity index (χ0) is 20.8. The molecule has 0 radical (unpaired) electrons. The fourth-order valence-electron chi connectivity index (χ4n) is 4.61. The third-order valence-corrected chi connectivity index (χ3v) is 6.30. The Morgan fingerprint density at radius 3 is 2.62 bits per heavy atom. The van der Waals surface area contributed by atoms with Crippen LogP contribution in [0, 0.1) is 18.3 Å². The molecule has 2 aliphatic heterocycles. The van der Waals surface area contributed by atoms with Gasteiger partial charge < -0.3 is 9.80 Å². The van der Waals surface area contributed by atoms with Gasteiger partial charge in [-0.1, -0.05) is 20.8 Å². The van der Waals surface area contributed by atoms with Gasteiger partial charge >= 0.3 is 0 Å². The molecule has 0 spiro atoms. The van der Waals surface area contributed by atoms with Crippen molar-refractivity contribution in [2.24, 2.45) is 18.4 Å². The second kappa shape index (κ2) is 7.43. The molecule has 4 heterocycles. The largest absolute Gasteiger partial charge is 0.350 e. The van der Waals surface area contributed by atoms with Crippen molar-refractivity contribution in [1.29, 1.82) is 0 Å². The van der Waals surface area contributed by atoms with E-state index in [1.807, 2.05) is 30.9 Å². The van der Waals surface area contributed by atoms with Crippen molar-refractivity contribution in [1.82, 2.24) is 24.9 Å². The monoisotopic (exact) mass is 396 g/mol. The van der Waals surface area contributed by atoms with Gasteiger partial charge in [-0.2, -0.15) is 5.10 Å². The van der Waals surface area contributed by atoms with Crippen LogP contribution in [-0.4, -0.2) is 56.5 Å². The lowest BCUT2D eigenvalue weighted by Crippen LogP contribution is -2.37. The average molecular weight is 397 g/mol. The van der Waals surface area contributed by atoms with Gasteiger partial charge in [-0.05, 0) is 42.9 Å². The highest BCUT2D eigenvalue weighted by molar-refractivity contribution is 5.77. The number of rotatable bonds is 4. The van der Waals surface area contributed by atoms with Gasteiger partial charge in [0.15, 0.2) is 5.82 Å². The highest BCUT2D eigenvalue weighted by atomic mass is 16.2. The van der Waals surface area contributed by atoms with Crippen LogP contribution in [-0.2, 0) is 11.8 Å². The van der Waals surface area contributed by atoms with Crippen LogP contribution in [0.25, 0.3) is 11.4 Å². The summed E-state index contributed by atoms with van der Waals surface area (Å²) in [5.41, 5.74) is 3.13. The van der Waals surface area contributed by atoms with E-state index in [0.717, 1.165) is 55.2 Å². The van der Waals surface area contributed by atoms with Crippen LogP contribution in [0.3, 0.4) is 0 Å². The van der Waals surface area contributed by atoms with Crippen molar-refractivity contribution in [2.45, 2.75) is 53.0 Å². The van der Waals surface area contributed by atoms with Crippen LogP contribution in [0.15, 0.2) is 18.3 Å². The Balaban J connectivity index is 1.44. The molecule has 0 aliphatic carbocycles. The van der Waals surface area contributed by atoms with E-state index in [4.69, 9.17) is 0 Å². The minimum atomic E-state index is 0.195. The van der Waals surface area contributed by atoms with Crippen molar-refractivity contribution in [3.05, 3.63) is 23.9 Å². The van der Waals surface area contributed by atoms with Crippen LogP contribution in [0.5, 0.6) is 0 Å². The molecule has 0 bridgehead atoms. The van der Waals surface area contributed by atoms with Gasteiger partial charge in [0, 0.05) is 39.0 Å². The Hall–Kier alpha value is -2.44. The average Bonchev–Trinajstić information content (AvgIpc) is 3.34. The van der Waals surface area contributed by atoms with Crippen molar-refractivity contribution >= 4 is 11.7 Å². The van der Waals surface area contributed by atoms with E-state index in [2.05, 4.69) is 51.9 Å². The summed E-state index contributed by atoms with van der Waals surface area (Å²) in [6, 6.07) is 4.44. The molecule has 2 atom stereocenters. The number of aryl methyl sites for hydroxylation is 2. The van der Waals surface area contributed by atoms with E-state index in [9.17, 15) is 4.79 Å². The van der Waals surface area contributed by atoms with Gasteiger partial charge in [-0.15, -0.1) is 10.2 Å². The van der Waals surface area contributed by atoms with Gasteiger partial charge in [0.05, 0.1) is 17.9 Å². The normalized spacial score (nSPS) is 21.7. The molecule has 2 aromatic rings. The lowest BCUT2D eigenvalue weighted by atomic mass is 9.90. The second-order valence-corrected chi connectivity index (χ2v) is 9.75. The van der Waals surface area contributed by atoms with E-state index in [-0.39, 0.29) is 5.41 Å². The van der Waals surface area contributed by atoms with Crippen molar-refractivity contribution in [2.75, 3.05) is 24.5 Å². The summed E-state index contributed by atoms with van der Waals surface area (Å²) in [4.78, 5) is 17.1. The van der Waals surface area contributed by atoms with Gasteiger partial charge in [-0.25, -0.2) is 0 Å². The van der Waals surface area contributed by atoms with E-state index in [1.54, 1.807) is 0 Å². The summed E-state index contributed by atoms with van der Waals surface area (Å²) < 4.78 is 1.84.